The number of carbonyl (C=O) groups excluding carboxylic acids is 2. The molecule has 0 bridgehead atoms. The first-order valence-corrected chi connectivity index (χ1v) is 7.90. The molecule has 2 aromatic carbocycles. The number of para-hydroxylation sites is 1. The van der Waals surface area contributed by atoms with E-state index in [4.69, 9.17) is 9.15 Å². The maximum Gasteiger partial charge on any atom is 0.338 e. The smallest absolute Gasteiger partial charge is 0.338 e. The molecule has 0 atom stereocenters. The lowest BCUT2D eigenvalue weighted by Gasteiger charge is -2.05. The maximum atomic E-state index is 12.1. The molecule has 1 heterocycles. The van der Waals surface area contributed by atoms with E-state index in [1.165, 1.54) is 6.08 Å². The van der Waals surface area contributed by atoms with Crippen LogP contribution in [0.5, 0.6) is 0 Å². The number of hydrogen-bond donors (Lipinski definition) is 1. The van der Waals surface area contributed by atoms with E-state index in [1.54, 1.807) is 37.3 Å². The van der Waals surface area contributed by atoms with Crippen molar-refractivity contribution in [3.05, 3.63) is 72.0 Å². The molecule has 0 fully saturated rings. The fourth-order valence-electron chi connectivity index (χ4n) is 2.36. The summed E-state index contributed by atoms with van der Waals surface area (Å²) in [6.07, 6.45) is 2.99. The predicted molar refractivity (Wildman–Crippen MR) is 96.3 cm³/mol. The molecule has 0 aliphatic rings. The second-order valence-corrected chi connectivity index (χ2v) is 5.31. The highest BCUT2D eigenvalue weighted by Crippen LogP contribution is 2.19. The molecule has 5 nitrogen and oxygen atoms in total. The molecule has 1 amide bonds. The highest BCUT2D eigenvalue weighted by atomic mass is 16.5. The molecule has 0 saturated carbocycles. The Morgan fingerprint density at radius 1 is 1.12 bits per heavy atom. The summed E-state index contributed by atoms with van der Waals surface area (Å²) in [5, 5.41) is 3.68. The number of esters is 1. The van der Waals surface area contributed by atoms with E-state index in [1.807, 2.05) is 30.3 Å². The summed E-state index contributed by atoms with van der Waals surface area (Å²) in [5.74, 6) is -0.144. The second-order valence-electron chi connectivity index (χ2n) is 5.31. The van der Waals surface area contributed by atoms with Gasteiger partial charge in [0.05, 0.1) is 12.2 Å². The zero-order valence-electron chi connectivity index (χ0n) is 13.7. The minimum atomic E-state index is -0.420. The lowest BCUT2D eigenvalue weighted by molar-refractivity contribution is -0.111. The Kier molecular flexibility index (Phi) is 4.95. The van der Waals surface area contributed by atoms with Crippen molar-refractivity contribution in [2.75, 3.05) is 11.9 Å². The van der Waals surface area contributed by atoms with Crippen molar-refractivity contribution in [3.63, 3.8) is 0 Å². The summed E-state index contributed by atoms with van der Waals surface area (Å²) in [6, 6.07) is 16.1. The molecule has 3 rings (SSSR count). The molecule has 0 saturated heterocycles. The highest BCUT2D eigenvalue weighted by Gasteiger charge is 2.07. The fourth-order valence-corrected chi connectivity index (χ4v) is 2.36. The number of hydrogen-bond acceptors (Lipinski definition) is 4. The SMILES string of the molecule is CCOC(=O)c1cccc(NC(=O)/C=C/c2cc3ccccc3o2)c1. The van der Waals surface area contributed by atoms with Crippen LogP contribution in [0.25, 0.3) is 17.0 Å². The Balaban J connectivity index is 1.67. The molecule has 0 aliphatic heterocycles. The van der Waals surface area contributed by atoms with Crippen LogP contribution >= 0.6 is 0 Å². The zero-order valence-corrected chi connectivity index (χ0v) is 13.7. The normalized spacial score (nSPS) is 10.9. The summed E-state index contributed by atoms with van der Waals surface area (Å²) < 4.78 is 10.6. The monoisotopic (exact) mass is 335 g/mol. The van der Waals surface area contributed by atoms with Gasteiger partial charge in [0.25, 0.3) is 0 Å². The molecule has 0 unspecified atom stereocenters. The van der Waals surface area contributed by atoms with E-state index in [0.717, 1.165) is 11.0 Å². The third kappa shape index (κ3) is 4.14. The number of carbonyl (C=O) groups is 2. The van der Waals surface area contributed by atoms with Crippen LogP contribution in [-0.4, -0.2) is 18.5 Å². The summed E-state index contributed by atoms with van der Waals surface area (Å²) >= 11 is 0. The van der Waals surface area contributed by atoms with Crippen molar-refractivity contribution in [3.8, 4) is 0 Å². The van der Waals surface area contributed by atoms with Crippen LogP contribution in [0.4, 0.5) is 5.69 Å². The third-order valence-corrected chi connectivity index (χ3v) is 3.48. The summed E-state index contributed by atoms with van der Waals surface area (Å²) in [5.41, 5.74) is 1.68. The van der Waals surface area contributed by atoms with Crippen molar-refractivity contribution >= 4 is 34.6 Å². The Bertz CT molecular complexity index is 907. The van der Waals surface area contributed by atoms with E-state index in [0.29, 0.717) is 23.6 Å². The van der Waals surface area contributed by atoms with E-state index < -0.39 is 5.97 Å². The Morgan fingerprint density at radius 2 is 1.96 bits per heavy atom. The predicted octanol–water partition coefficient (Wildman–Crippen LogP) is 4.26. The lowest BCUT2D eigenvalue weighted by atomic mass is 10.2. The first-order valence-electron chi connectivity index (χ1n) is 7.90. The summed E-state index contributed by atoms with van der Waals surface area (Å²) in [4.78, 5) is 23.8. The van der Waals surface area contributed by atoms with Crippen LogP contribution in [0.3, 0.4) is 0 Å². The van der Waals surface area contributed by atoms with Gasteiger partial charge in [-0.1, -0.05) is 24.3 Å². The lowest BCUT2D eigenvalue weighted by Crippen LogP contribution is -2.09. The molecule has 5 heteroatoms. The minimum absolute atomic E-state index is 0.301. The van der Waals surface area contributed by atoms with Gasteiger partial charge in [0.15, 0.2) is 0 Å². The minimum Gasteiger partial charge on any atom is -0.462 e. The highest BCUT2D eigenvalue weighted by molar-refractivity contribution is 6.02. The molecular formula is C20H17NO4. The van der Waals surface area contributed by atoms with Gasteiger partial charge in [-0.15, -0.1) is 0 Å². The van der Waals surface area contributed by atoms with Crippen molar-refractivity contribution in [1.29, 1.82) is 0 Å². The molecule has 126 valence electrons. The van der Waals surface area contributed by atoms with Crippen LogP contribution < -0.4 is 5.32 Å². The molecular weight excluding hydrogens is 318 g/mol. The van der Waals surface area contributed by atoms with Gasteiger partial charge >= 0.3 is 5.97 Å². The van der Waals surface area contributed by atoms with E-state index in [2.05, 4.69) is 5.32 Å². The standard InChI is InChI=1S/C20H17NO4/c1-2-24-20(23)15-7-5-8-16(12-15)21-19(22)11-10-17-13-14-6-3-4-9-18(14)25-17/h3-13H,2H2,1H3,(H,21,22)/b11-10+. The van der Waals surface area contributed by atoms with Crippen LogP contribution in [-0.2, 0) is 9.53 Å². The van der Waals surface area contributed by atoms with Crippen molar-refractivity contribution in [2.24, 2.45) is 0 Å². The molecule has 0 radical (unpaired) electrons. The zero-order chi connectivity index (χ0) is 17.6. The molecule has 1 N–H and O–H groups in total. The van der Waals surface area contributed by atoms with E-state index in [9.17, 15) is 9.59 Å². The quantitative estimate of drug-likeness (QED) is 0.559. The van der Waals surface area contributed by atoms with Gasteiger partial charge in [0.2, 0.25) is 5.91 Å². The van der Waals surface area contributed by atoms with Crippen LogP contribution in [0.1, 0.15) is 23.0 Å². The largest absolute Gasteiger partial charge is 0.462 e. The van der Waals surface area contributed by atoms with Crippen molar-refractivity contribution in [1.82, 2.24) is 0 Å². The number of furan rings is 1. The molecule has 0 aliphatic carbocycles. The van der Waals surface area contributed by atoms with Crippen LogP contribution in [0.15, 0.2) is 65.1 Å². The maximum absolute atomic E-state index is 12.1. The number of benzene rings is 2. The topological polar surface area (TPSA) is 68.5 Å². The Morgan fingerprint density at radius 3 is 2.76 bits per heavy atom. The Hall–Kier alpha value is -3.34. The van der Waals surface area contributed by atoms with E-state index in [-0.39, 0.29) is 5.91 Å². The number of nitrogens with one attached hydrogen (secondary N) is 1. The van der Waals surface area contributed by atoms with Gasteiger partial charge in [-0.3, -0.25) is 4.79 Å². The Labute approximate surface area is 144 Å². The summed E-state index contributed by atoms with van der Waals surface area (Å²) in [6.45, 7) is 2.04. The second kappa shape index (κ2) is 7.49. The number of ether oxygens (including phenoxy) is 1. The van der Waals surface area contributed by atoms with Gasteiger partial charge < -0.3 is 14.5 Å². The average molecular weight is 335 g/mol. The van der Waals surface area contributed by atoms with Crippen LogP contribution in [0.2, 0.25) is 0 Å². The van der Waals surface area contributed by atoms with Gasteiger partial charge in [-0.25, -0.2) is 4.79 Å². The van der Waals surface area contributed by atoms with Crippen molar-refractivity contribution < 1.29 is 18.7 Å². The van der Waals surface area contributed by atoms with Crippen LogP contribution in [0, 0.1) is 0 Å². The molecule has 1 aromatic heterocycles. The van der Waals surface area contributed by atoms with Gasteiger partial charge in [0.1, 0.15) is 11.3 Å². The molecule has 0 spiro atoms. The van der Waals surface area contributed by atoms with E-state index >= 15 is 0 Å². The average Bonchev–Trinajstić information content (AvgIpc) is 3.03. The number of fused-ring (bicyclic) bond motifs is 1. The summed E-state index contributed by atoms with van der Waals surface area (Å²) in [7, 11) is 0. The molecule has 25 heavy (non-hydrogen) atoms. The molecule has 3 aromatic rings. The number of amides is 1. The van der Waals surface area contributed by atoms with Gasteiger partial charge in [-0.05, 0) is 43.3 Å². The first-order chi connectivity index (χ1) is 12.2. The number of anilines is 1. The van der Waals surface area contributed by atoms with Gasteiger partial charge in [-0.2, -0.15) is 0 Å². The fraction of sp³-hybridized carbons (Fsp3) is 0.100. The first kappa shape index (κ1) is 16.5. The third-order valence-electron chi connectivity index (χ3n) is 3.48. The van der Waals surface area contributed by atoms with Gasteiger partial charge in [0, 0.05) is 17.1 Å². The number of rotatable bonds is 5. The van der Waals surface area contributed by atoms with Crippen molar-refractivity contribution in [2.45, 2.75) is 6.92 Å².